The number of aryl methyl sites for hydroxylation is 1. The number of nitrogens with one attached hydrogen (secondary N) is 2. The van der Waals surface area contributed by atoms with Crippen LogP contribution in [0, 0.1) is 6.92 Å². The zero-order valence-corrected chi connectivity index (χ0v) is 21.6. The maximum Gasteiger partial charge on any atom is 0.289 e. The molecule has 0 unspecified atom stereocenters. The van der Waals surface area contributed by atoms with E-state index in [1.807, 2.05) is 45.2 Å². The van der Waals surface area contributed by atoms with Gasteiger partial charge in [0.15, 0.2) is 0 Å². The third-order valence-electron chi connectivity index (χ3n) is 6.17. The van der Waals surface area contributed by atoms with Crippen LogP contribution >= 0.6 is 0 Å². The lowest BCUT2D eigenvalue weighted by Gasteiger charge is -2.20. The normalized spacial score (nSPS) is 16.6. The third-order valence-corrected chi connectivity index (χ3v) is 6.17. The molecule has 0 saturated heterocycles. The smallest absolute Gasteiger partial charge is 0.289 e. The van der Waals surface area contributed by atoms with Gasteiger partial charge in [0, 0.05) is 29.2 Å². The Morgan fingerprint density at radius 1 is 1.14 bits per heavy atom. The van der Waals surface area contributed by atoms with Crippen LogP contribution in [0.25, 0.3) is 10.9 Å². The molecule has 0 amide bonds. The van der Waals surface area contributed by atoms with Crippen molar-refractivity contribution >= 4 is 40.3 Å². The molecule has 8 nitrogen and oxygen atoms in total. The van der Waals surface area contributed by atoms with Gasteiger partial charge in [-0.25, -0.2) is 20.0 Å². The molecule has 3 heterocycles. The number of rotatable bonds is 6. The van der Waals surface area contributed by atoms with Crippen molar-refractivity contribution in [2.24, 2.45) is 10.1 Å². The quantitative estimate of drug-likeness (QED) is 0.405. The number of hydrazone groups is 1. The van der Waals surface area contributed by atoms with E-state index in [9.17, 15) is 0 Å². The number of allylic oxidation sites excluding steroid dienone is 3. The molecule has 0 bridgehead atoms. The van der Waals surface area contributed by atoms with Gasteiger partial charge in [0.2, 0.25) is 0 Å². The van der Waals surface area contributed by atoms with Crippen molar-refractivity contribution in [1.82, 2.24) is 15.0 Å². The molecule has 2 aliphatic heterocycles. The minimum atomic E-state index is -0.221. The van der Waals surface area contributed by atoms with Gasteiger partial charge >= 0.3 is 0 Å². The molecule has 0 fully saturated rings. The number of aliphatic imine (C=N–C) groups is 1. The van der Waals surface area contributed by atoms with E-state index in [-0.39, 0.29) is 5.54 Å². The van der Waals surface area contributed by atoms with Gasteiger partial charge in [-0.1, -0.05) is 12.6 Å². The largest absolute Gasteiger partial charge is 0.462 e. The fraction of sp³-hybridized carbons (Fsp3) is 0.241. The molecule has 2 N–H and O–H groups in total. The minimum Gasteiger partial charge on any atom is -0.462 e. The maximum absolute atomic E-state index is 5.68. The van der Waals surface area contributed by atoms with Gasteiger partial charge in [0.05, 0.1) is 16.8 Å². The van der Waals surface area contributed by atoms with E-state index in [2.05, 4.69) is 74.5 Å². The van der Waals surface area contributed by atoms with Crippen LogP contribution in [-0.4, -0.2) is 39.4 Å². The summed E-state index contributed by atoms with van der Waals surface area (Å²) in [5.74, 6) is 0.737. The molecule has 5 rings (SSSR count). The van der Waals surface area contributed by atoms with Crippen molar-refractivity contribution in [3.05, 3.63) is 90.1 Å². The Kier molecular flexibility index (Phi) is 6.48. The zero-order valence-electron chi connectivity index (χ0n) is 21.6. The highest BCUT2D eigenvalue weighted by atomic mass is 16.5. The number of aromatic nitrogens is 2. The highest BCUT2D eigenvalue weighted by Crippen LogP contribution is 2.28. The van der Waals surface area contributed by atoms with E-state index in [1.54, 1.807) is 17.6 Å². The molecule has 2 aromatic carbocycles. The van der Waals surface area contributed by atoms with Crippen LogP contribution in [0.1, 0.15) is 31.9 Å². The summed E-state index contributed by atoms with van der Waals surface area (Å²) in [6, 6.07) is 12.8. The number of nitrogens with zero attached hydrogens (tertiary/aromatic N) is 5. The Balaban J connectivity index is 1.33. The minimum absolute atomic E-state index is 0.221. The predicted molar refractivity (Wildman–Crippen MR) is 151 cm³/mol. The molecule has 3 aromatic rings. The Labute approximate surface area is 217 Å². The number of amidine groups is 1. The molecule has 188 valence electrons. The standard InChI is InChI=1S/C29H31N7O/c1-6-32-36-12-11-21(14-20(36)3)15-22-7-8-23(13-19(22)2)33-27-25-16-24(9-10-26(25)30-18-31-27)34-28-35-29(4,5)17-37-28/h6-14,16,18H,3,15,17H2,1-2,4-5H3,(H,34,35)(H,30,31,33)/b32-6-. The Morgan fingerprint density at radius 2 is 1.95 bits per heavy atom. The molecule has 0 spiro atoms. The van der Waals surface area contributed by atoms with Gasteiger partial charge in [0.25, 0.3) is 6.02 Å². The van der Waals surface area contributed by atoms with Crippen molar-refractivity contribution in [3.8, 4) is 0 Å². The number of ether oxygens (including phenoxy) is 1. The van der Waals surface area contributed by atoms with Gasteiger partial charge in [-0.3, -0.25) is 0 Å². The van der Waals surface area contributed by atoms with Crippen molar-refractivity contribution in [3.63, 3.8) is 0 Å². The number of fused-ring (bicyclic) bond motifs is 1. The summed E-state index contributed by atoms with van der Waals surface area (Å²) in [5, 5.41) is 13.7. The summed E-state index contributed by atoms with van der Waals surface area (Å²) in [4.78, 5) is 13.5. The van der Waals surface area contributed by atoms with Crippen LogP contribution in [-0.2, 0) is 11.2 Å². The second-order valence-electron chi connectivity index (χ2n) is 9.78. The Bertz CT molecular complexity index is 1480. The predicted octanol–water partition coefficient (Wildman–Crippen LogP) is 6.08. The van der Waals surface area contributed by atoms with Gasteiger partial charge in [-0.05, 0) is 93.3 Å². The van der Waals surface area contributed by atoms with Crippen LogP contribution in [0.4, 0.5) is 17.2 Å². The monoisotopic (exact) mass is 493 g/mol. The number of benzene rings is 2. The average molecular weight is 494 g/mol. The maximum atomic E-state index is 5.68. The van der Waals surface area contributed by atoms with Gasteiger partial charge < -0.3 is 15.4 Å². The molecule has 0 radical (unpaired) electrons. The summed E-state index contributed by atoms with van der Waals surface area (Å²) in [6.45, 7) is 12.8. The lowest BCUT2D eigenvalue weighted by atomic mass is 9.98. The van der Waals surface area contributed by atoms with Crippen LogP contribution in [0.5, 0.6) is 0 Å². The van der Waals surface area contributed by atoms with Crippen LogP contribution < -0.4 is 10.6 Å². The van der Waals surface area contributed by atoms with Gasteiger partial charge in [-0.15, -0.1) is 0 Å². The summed E-state index contributed by atoms with van der Waals surface area (Å²) < 4.78 is 5.68. The molecule has 8 heteroatoms. The van der Waals surface area contributed by atoms with E-state index < -0.39 is 0 Å². The zero-order chi connectivity index (χ0) is 26.0. The highest BCUT2D eigenvalue weighted by molar-refractivity contribution is 5.97. The number of anilines is 3. The molecule has 37 heavy (non-hydrogen) atoms. The highest BCUT2D eigenvalue weighted by Gasteiger charge is 2.26. The molecule has 2 aliphatic rings. The van der Waals surface area contributed by atoms with E-state index in [0.29, 0.717) is 12.6 Å². The summed E-state index contributed by atoms with van der Waals surface area (Å²) >= 11 is 0. The van der Waals surface area contributed by atoms with E-state index in [1.165, 1.54) is 16.7 Å². The van der Waals surface area contributed by atoms with Gasteiger partial charge in [-0.2, -0.15) is 5.10 Å². The first-order chi connectivity index (χ1) is 17.8. The first kappa shape index (κ1) is 24.2. The van der Waals surface area contributed by atoms with Crippen molar-refractivity contribution < 1.29 is 4.74 Å². The lowest BCUT2D eigenvalue weighted by molar-refractivity contribution is 0.278. The SMILES string of the molecule is C=C1C=C(Cc2ccc(Nc3ncnc4ccc(NC5=NC(C)(C)CO5)cc34)cc2C)C=CN1/N=C\C. The van der Waals surface area contributed by atoms with Crippen LogP contribution in [0.3, 0.4) is 0 Å². The number of hydrogen-bond donors (Lipinski definition) is 2. The number of hydrogen-bond acceptors (Lipinski definition) is 8. The summed E-state index contributed by atoms with van der Waals surface area (Å²) in [5.41, 5.74) is 6.95. The third kappa shape index (κ3) is 5.53. The van der Waals surface area contributed by atoms with Crippen molar-refractivity contribution in [2.75, 3.05) is 17.2 Å². The Hall–Kier alpha value is -4.46. The Morgan fingerprint density at radius 3 is 2.68 bits per heavy atom. The first-order valence-electron chi connectivity index (χ1n) is 12.3. The van der Waals surface area contributed by atoms with Crippen molar-refractivity contribution in [1.29, 1.82) is 0 Å². The first-order valence-corrected chi connectivity index (χ1v) is 12.3. The topological polar surface area (TPSA) is 87.0 Å². The fourth-order valence-corrected chi connectivity index (χ4v) is 4.27. The van der Waals surface area contributed by atoms with E-state index >= 15 is 0 Å². The molecule has 0 saturated carbocycles. The summed E-state index contributed by atoms with van der Waals surface area (Å²) in [6.07, 6.45) is 10.2. The second-order valence-corrected chi connectivity index (χ2v) is 9.78. The molecule has 1 aromatic heterocycles. The van der Waals surface area contributed by atoms with Crippen LogP contribution in [0.2, 0.25) is 0 Å². The molecule has 0 atom stereocenters. The van der Waals surface area contributed by atoms with Crippen LogP contribution in [0.15, 0.2) is 89.0 Å². The van der Waals surface area contributed by atoms with Crippen molar-refractivity contribution in [2.45, 2.75) is 39.7 Å². The lowest BCUT2D eigenvalue weighted by Crippen LogP contribution is -2.17. The van der Waals surface area contributed by atoms with Gasteiger partial charge in [0.1, 0.15) is 18.8 Å². The fourth-order valence-electron chi connectivity index (χ4n) is 4.27. The van der Waals surface area contributed by atoms with E-state index in [0.717, 1.165) is 40.2 Å². The summed E-state index contributed by atoms with van der Waals surface area (Å²) in [7, 11) is 0. The molecular weight excluding hydrogens is 462 g/mol. The molecular formula is C29H31N7O. The second kappa shape index (κ2) is 9.89. The molecule has 0 aliphatic carbocycles. The van der Waals surface area contributed by atoms with E-state index in [4.69, 9.17) is 4.74 Å². The average Bonchev–Trinajstić information content (AvgIpc) is 3.21.